The summed E-state index contributed by atoms with van der Waals surface area (Å²) in [5, 5.41) is 0.950. The molecule has 47 heavy (non-hydrogen) atoms. The zero-order chi connectivity index (χ0) is 33.8. The quantitative estimate of drug-likeness (QED) is 0.186. The summed E-state index contributed by atoms with van der Waals surface area (Å²) in [6.07, 6.45) is -9.67. The number of anilines is 2. The van der Waals surface area contributed by atoms with Crippen LogP contribution in [0.25, 0.3) is 0 Å². The number of benzene rings is 3. The van der Waals surface area contributed by atoms with Crippen molar-refractivity contribution in [2.45, 2.75) is 35.1 Å². The van der Waals surface area contributed by atoms with Gasteiger partial charge in [0.05, 0.1) is 40.6 Å². The highest BCUT2D eigenvalue weighted by atomic mass is 32.2. The molecule has 0 bridgehead atoms. The molecule has 3 amide bonds. The maximum absolute atomic E-state index is 14.1. The Hall–Kier alpha value is -4.57. The van der Waals surface area contributed by atoms with Gasteiger partial charge in [0.2, 0.25) is 17.7 Å². The van der Waals surface area contributed by atoms with E-state index in [1.54, 1.807) is 24.3 Å². The predicted molar refractivity (Wildman–Crippen MR) is 161 cm³/mol. The van der Waals surface area contributed by atoms with Crippen molar-refractivity contribution in [2.24, 2.45) is 5.92 Å². The molecule has 1 N–H and O–H groups in total. The fourth-order valence-electron chi connectivity index (χ4n) is 5.83. The van der Waals surface area contributed by atoms with Crippen LogP contribution in [0.5, 0.6) is 5.75 Å². The van der Waals surface area contributed by atoms with E-state index < -0.39 is 81.1 Å². The first kappa shape index (κ1) is 32.4. The van der Waals surface area contributed by atoms with Gasteiger partial charge < -0.3 is 10.1 Å². The number of rotatable bonds is 6. The second-order valence-electron chi connectivity index (χ2n) is 10.5. The van der Waals surface area contributed by atoms with Crippen LogP contribution < -0.4 is 19.8 Å². The van der Waals surface area contributed by atoms with Crippen LogP contribution in [-0.4, -0.2) is 34.6 Å². The third-order valence-electron chi connectivity index (χ3n) is 7.78. The van der Waals surface area contributed by atoms with E-state index in [1.807, 2.05) is 0 Å². The van der Waals surface area contributed by atoms with Crippen molar-refractivity contribution in [1.82, 2.24) is 4.57 Å². The lowest BCUT2D eigenvalue weighted by molar-refractivity contribution is -0.138. The molecule has 6 rings (SSSR count). The molecule has 1 saturated heterocycles. The fraction of sp³-hybridized carbons (Fsp3) is 0.226. The Labute approximate surface area is 269 Å². The molecule has 244 valence electrons. The Morgan fingerprint density at radius 2 is 1.47 bits per heavy atom. The van der Waals surface area contributed by atoms with Crippen LogP contribution in [0.2, 0.25) is 0 Å². The second kappa shape index (κ2) is 11.9. The zero-order valence-corrected chi connectivity index (χ0v) is 25.5. The molecular weight excluding hydrogens is 672 g/mol. The molecule has 2 aliphatic rings. The molecule has 4 aromatic rings. The number of carbonyl (C=O) groups is 3. The van der Waals surface area contributed by atoms with Crippen LogP contribution in [0.15, 0.2) is 82.6 Å². The number of hydrogen-bond donors (Lipinski definition) is 1. The van der Waals surface area contributed by atoms with Crippen molar-refractivity contribution in [1.29, 1.82) is 0 Å². The number of nitrogens with one attached hydrogen (secondary N) is 1. The van der Waals surface area contributed by atoms with E-state index >= 15 is 0 Å². The number of fused-ring (bicyclic) bond motifs is 2. The monoisotopic (exact) mass is 693 g/mol. The summed E-state index contributed by atoms with van der Waals surface area (Å²) in [4.78, 5) is 54.4. The third-order valence-corrected chi connectivity index (χ3v) is 10.4. The summed E-state index contributed by atoms with van der Waals surface area (Å²) in [7, 11) is 1.36. The van der Waals surface area contributed by atoms with E-state index in [2.05, 4.69) is 5.32 Å². The molecule has 1 aromatic heterocycles. The van der Waals surface area contributed by atoms with Gasteiger partial charge >= 0.3 is 17.2 Å². The molecule has 0 spiro atoms. The number of hydrogen-bond acceptors (Lipinski definition) is 7. The van der Waals surface area contributed by atoms with Crippen LogP contribution in [-0.2, 0) is 33.3 Å². The van der Waals surface area contributed by atoms with E-state index in [0.29, 0.717) is 21.8 Å². The number of ether oxygens (including phenoxy) is 1. The number of thiazole rings is 1. The van der Waals surface area contributed by atoms with Crippen molar-refractivity contribution in [2.75, 3.05) is 17.3 Å². The van der Waals surface area contributed by atoms with E-state index in [0.717, 1.165) is 52.7 Å². The number of para-hydroxylation sites is 3. The number of imide groups is 1. The van der Waals surface area contributed by atoms with Gasteiger partial charge in [-0.2, -0.15) is 26.3 Å². The van der Waals surface area contributed by atoms with Gasteiger partial charge in [0, 0.05) is 16.4 Å². The number of nitrogens with zero attached hydrogens (tertiary/aromatic N) is 2. The van der Waals surface area contributed by atoms with Crippen LogP contribution in [0.4, 0.5) is 37.7 Å². The molecule has 0 radical (unpaired) electrons. The Bertz CT molecular complexity index is 1970. The highest BCUT2D eigenvalue weighted by Crippen LogP contribution is 2.55. The van der Waals surface area contributed by atoms with Crippen molar-refractivity contribution >= 4 is 52.2 Å². The minimum absolute atomic E-state index is 0.0866. The van der Waals surface area contributed by atoms with Crippen LogP contribution in [0.1, 0.15) is 27.5 Å². The van der Waals surface area contributed by atoms with Crippen molar-refractivity contribution < 1.29 is 45.5 Å². The van der Waals surface area contributed by atoms with Crippen molar-refractivity contribution in [3.63, 3.8) is 0 Å². The van der Waals surface area contributed by atoms with Crippen molar-refractivity contribution in [3.05, 3.63) is 104 Å². The lowest BCUT2D eigenvalue weighted by Crippen LogP contribution is -2.33. The fourth-order valence-corrected chi connectivity index (χ4v) is 8.60. The van der Waals surface area contributed by atoms with Crippen molar-refractivity contribution in [3.8, 4) is 5.75 Å². The number of thioether (sulfide) groups is 1. The first-order valence-corrected chi connectivity index (χ1v) is 15.4. The minimum Gasteiger partial charge on any atom is -0.496 e. The lowest BCUT2D eigenvalue weighted by atomic mass is 9.82. The number of alkyl halides is 6. The van der Waals surface area contributed by atoms with Crippen LogP contribution in [0, 0.1) is 5.92 Å². The van der Waals surface area contributed by atoms with E-state index in [9.17, 15) is 45.5 Å². The molecule has 0 aliphatic carbocycles. The summed E-state index contributed by atoms with van der Waals surface area (Å²) in [6, 6.07) is 14.9. The highest BCUT2D eigenvalue weighted by molar-refractivity contribution is 8.00. The third kappa shape index (κ3) is 5.69. The zero-order valence-electron chi connectivity index (χ0n) is 23.9. The van der Waals surface area contributed by atoms with Gasteiger partial charge in [0.25, 0.3) is 0 Å². The molecular formula is C31H21F6N3O5S2. The molecule has 16 heteroatoms. The Morgan fingerprint density at radius 3 is 2.15 bits per heavy atom. The maximum atomic E-state index is 14.1. The standard InChI is InChI=1S/C31H21F6N3O5S2/c1-45-20-13-7-2-8-15(20)22-23-24(27(43)40(26(23)42)19-12-6-4-10-17(19)31(35,36)37)46-28-25(22)47-29(44)39(28)14-21(41)38-18-11-5-3-9-16(18)30(32,33)34/h2-13,22-24H,14H2,1H3,(H,38,41)/t22-,23-,24+/m0/s1. The molecule has 2 aliphatic heterocycles. The highest BCUT2D eigenvalue weighted by Gasteiger charge is 2.58. The number of halogens is 6. The average Bonchev–Trinajstić information content (AvgIpc) is 3.46. The van der Waals surface area contributed by atoms with E-state index in [4.69, 9.17) is 4.74 Å². The van der Waals surface area contributed by atoms with Gasteiger partial charge in [-0.1, -0.05) is 65.6 Å². The SMILES string of the molecule is COc1ccccc1[C@@H]1c2sc(=O)n(CC(=O)Nc3ccccc3C(F)(F)F)c2S[C@H]2C(=O)N(c3ccccc3C(F)(F)F)C(=O)[C@@H]12. The van der Waals surface area contributed by atoms with E-state index in [1.165, 1.54) is 19.2 Å². The molecule has 3 aromatic carbocycles. The summed E-state index contributed by atoms with van der Waals surface area (Å²) >= 11 is 1.41. The maximum Gasteiger partial charge on any atom is 0.418 e. The van der Waals surface area contributed by atoms with Gasteiger partial charge in [-0.25, -0.2) is 4.90 Å². The van der Waals surface area contributed by atoms with Crippen LogP contribution >= 0.6 is 23.1 Å². The number of carbonyl (C=O) groups excluding carboxylic acids is 3. The minimum atomic E-state index is -4.89. The lowest BCUT2D eigenvalue weighted by Gasteiger charge is -2.31. The normalized spacial score (nSPS) is 19.4. The Morgan fingerprint density at radius 1 is 0.851 bits per heavy atom. The van der Waals surface area contributed by atoms with Gasteiger partial charge in [-0.15, -0.1) is 0 Å². The molecule has 0 saturated carbocycles. The molecule has 1 fully saturated rings. The van der Waals surface area contributed by atoms with Gasteiger partial charge in [0.15, 0.2) is 0 Å². The average molecular weight is 694 g/mol. The summed E-state index contributed by atoms with van der Waals surface area (Å²) in [5.41, 5.74) is -3.10. The summed E-state index contributed by atoms with van der Waals surface area (Å²) in [5.74, 6) is -4.90. The Kier molecular flexibility index (Phi) is 8.20. The molecule has 3 heterocycles. The largest absolute Gasteiger partial charge is 0.496 e. The molecule has 0 unspecified atom stereocenters. The predicted octanol–water partition coefficient (Wildman–Crippen LogP) is 6.39. The molecule has 3 atom stereocenters. The first-order valence-electron chi connectivity index (χ1n) is 13.8. The smallest absolute Gasteiger partial charge is 0.418 e. The molecule has 8 nitrogen and oxygen atoms in total. The van der Waals surface area contributed by atoms with Gasteiger partial charge in [-0.3, -0.25) is 23.7 Å². The number of amides is 3. The topological polar surface area (TPSA) is 97.7 Å². The van der Waals surface area contributed by atoms with Gasteiger partial charge in [0.1, 0.15) is 17.5 Å². The van der Waals surface area contributed by atoms with Gasteiger partial charge in [-0.05, 0) is 30.3 Å². The number of methoxy groups -OCH3 is 1. The van der Waals surface area contributed by atoms with Crippen LogP contribution in [0.3, 0.4) is 0 Å². The Balaban J connectivity index is 1.44. The number of aromatic nitrogens is 1. The summed E-state index contributed by atoms with van der Waals surface area (Å²) < 4.78 is 89.0. The second-order valence-corrected chi connectivity index (χ2v) is 12.6. The first-order chi connectivity index (χ1) is 22.2. The van der Waals surface area contributed by atoms with E-state index in [-0.39, 0.29) is 15.7 Å². The summed E-state index contributed by atoms with van der Waals surface area (Å²) in [6.45, 7) is -0.747.